The van der Waals surface area contributed by atoms with Gasteiger partial charge in [0.15, 0.2) is 0 Å². The Bertz CT molecular complexity index is 1760. The van der Waals surface area contributed by atoms with Crippen LogP contribution in [-0.2, 0) is 26.2 Å². The summed E-state index contributed by atoms with van der Waals surface area (Å²) in [6.45, 7) is 23.5. The molecule has 0 bridgehead atoms. The molecule has 2 aromatic carbocycles. The Balaban J connectivity index is 0.00000200. The Morgan fingerprint density at radius 1 is 0.800 bits per heavy atom. The molecule has 5 aliphatic rings. The topological polar surface area (TPSA) is 0 Å². The quantitative estimate of drug-likeness (QED) is 0.296. The van der Waals surface area contributed by atoms with Crippen LogP contribution < -0.4 is 3.27 Å². The van der Waals surface area contributed by atoms with E-state index in [9.17, 15) is 0 Å². The molecule has 0 nitrogen and oxygen atoms in total. The molecule has 3 heteroatoms. The maximum absolute atomic E-state index is 5.68. The van der Waals surface area contributed by atoms with Crippen molar-refractivity contribution in [3.8, 4) is 0 Å². The average Bonchev–Trinajstić information content (AvgIpc) is 3.65. The van der Waals surface area contributed by atoms with Crippen molar-refractivity contribution in [3.63, 3.8) is 0 Å². The van der Waals surface area contributed by atoms with Gasteiger partial charge in [-0.3, -0.25) is 0 Å². The van der Waals surface area contributed by atoms with Gasteiger partial charge in [0.2, 0.25) is 0 Å². The van der Waals surface area contributed by atoms with Crippen molar-refractivity contribution in [1.29, 1.82) is 0 Å². The molecule has 0 amide bonds. The normalized spacial score (nSPS) is 31.0. The molecular formula is C42H53Cl2Zr. The van der Waals surface area contributed by atoms with Crippen molar-refractivity contribution in [3.05, 3.63) is 116 Å². The summed E-state index contributed by atoms with van der Waals surface area (Å²) in [6.07, 6.45) is 16.7. The minimum absolute atomic E-state index is 0. The van der Waals surface area contributed by atoms with Gasteiger partial charge in [-0.1, -0.05) is 0 Å². The predicted molar refractivity (Wildman–Crippen MR) is 198 cm³/mol. The van der Waals surface area contributed by atoms with Crippen molar-refractivity contribution in [2.45, 2.75) is 91.1 Å². The number of halogens is 2. The maximum atomic E-state index is 5.68. The Labute approximate surface area is 290 Å². The van der Waals surface area contributed by atoms with Gasteiger partial charge in [0, 0.05) is 0 Å². The van der Waals surface area contributed by atoms with Crippen LogP contribution in [0.3, 0.4) is 0 Å². The number of allylic oxidation sites excluding steroid dienone is 10. The van der Waals surface area contributed by atoms with Gasteiger partial charge in [-0.25, -0.2) is 0 Å². The van der Waals surface area contributed by atoms with E-state index in [1.54, 1.807) is 28.8 Å². The molecule has 0 heterocycles. The summed E-state index contributed by atoms with van der Waals surface area (Å²) < 4.78 is 8.85. The van der Waals surface area contributed by atoms with E-state index in [2.05, 4.69) is 141 Å². The second-order valence-corrected chi connectivity index (χ2v) is 26.3. The van der Waals surface area contributed by atoms with E-state index in [4.69, 9.17) is 4.21 Å². The van der Waals surface area contributed by atoms with Crippen molar-refractivity contribution in [2.75, 3.05) is 0 Å². The molecular weight excluding hydrogens is 667 g/mol. The first-order valence-corrected chi connectivity index (χ1v) is 22.1. The fourth-order valence-electron chi connectivity index (χ4n) is 11.1. The standard InChI is InChI=1S/C29H37.C7H7.C5H5.CH2.2ClH.Zr/c1-18-25-22-17-19-13-9-10-14-20(19)24(22)21-15-11-12-16-23(21)29(25,8)28(6,7)27(4,5)26(18,2)3;1-7-5-3-2-4-6-7;1-2-4-5-3-1;;;;/h9-11,13-15,23H,12,16-17H2,1-8H3;3-6H,1H3;1-3H,4H2;1H2;2*1H;. The van der Waals surface area contributed by atoms with E-state index < -0.39 is 19.8 Å². The Kier molecular flexibility index (Phi) is 8.51. The van der Waals surface area contributed by atoms with Gasteiger partial charge in [-0.05, 0) is 0 Å². The van der Waals surface area contributed by atoms with Gasteiger partial charge in [0.1, 0.15) is 0 Å². The zero-order valence-electron chi connectivity index (χ0n) is 28.9. The summed E-state index contributed by atoms with van der Waals surface area (Å²) in [5.74, 6) is 0.506. The third kappa shape index (κ3) is 3.96. The van der Waals surface area contributed by atoms with Crippen molar-refractivity contribution in [1.82, 2.24) is 0 Å². The number of benzene rings is 2. The third-order valence-corrected chi connectivity index (χ3v) is 28.1. The molecule has 45 heavy (non-hydrogen) atoms. The molecule has 0 aliphatic heterocycles. The summed E-state index contributed by atoms with van der Waals surface area (Å²) in [6, 6.07) is 19.0. The number of rotatable bonds is 3. The summed E-state index contributed by atoms with van der Waals surface area (Å²) in [4.78, 5) is 0. The van der Waals surface area contributed by atoms with Crippen LogP contribution in [0.2, 0.25) is 3.12 Å². The molecule has 0 spiro atoms. The van der Waals surface area contributed by atoms with E-state index in [1.807, 2.05) is 0 Å². The van der Waals surface area contributed by atoms with Gasteiger partial charge in [-0.15, -0.1) is 24.8 Å². The Morgan fingerprint density at radius 2 is 1.47 bits per heavy atom. The number of aryl methyl sites for hydroxylation is 1. The molecule has 0 radical (unpaired) electrons. The molecule has 0 aromatic heterocycles. The fourth-order valence-corrected chi connectivity index (χ4v) is 24.3. The molecule has 5 aliphatic carbocycles. The third-order valence-electron chi connectivity index (χ3n) is 14.9. The van der Waals surface area contributed by atoms with Crippen molar-refractivity contribution in [2.24, 2.45) is 27.6 Å². The first kappa shape index (κ1) is 34.8. The van der Waals surface area contributed by atoms with Crippen LogP contribution in [0.4, 0.5) is 0 Å². The average molecular weight is 720 g/mol. The van der Waals surface area contributed by atoms with Crippen LogP contribution in [0.25, 0.3) is 5.57 Å². The second-order valence-electron chi connectivity index (χ2n) is 16.3. The van der Waals surface area contributed by atoms with Gasteiger partial charge in [-0.2, -0.15) is 0 Å². The predicted octanol–water partition coefficient (Wildman–Crippen LogP) is 11.5. The summed E-state index contributed by atoms with van der Waals surface area (Å²) in [5, 5.41) is 0. The van der Waals surface area contributed by atoms with Gasteiger partial charge in [0.25, 0.3) is 0 Å². The molecule has 0 N–H and O–H groups in total. The number of hydrogen-bond acceptors (Lipinski definition) is 0. The molecule has 2 aromatic rings. The molecule has 4 atom stereocenters. The molecule has 4 unspecified atom stereocenters. The van der Waals surface area contributed by atoms with Crippen LogP contribution in [0.1, 0.15) is 91.3 Å². The number of fused-ring (bicyclic) bond motifs is 6. The van der Waals surface area contributed by atoms with Crippen LogP contribution in [-0.4, -0.2) is 4.21 Å². The number of hydrogen-bond donors (Lipinski definition) is 0. The van der Waals surface area contributed by atoms with Crippen LogP contribution in [0.5, 0.6) is 0 Å². The summed E-state index contributed by atoms with van der Waals surface area (Å²) in [7, 11) is 0. The molecule has 7 rings (SSSR count). The monoisotopic (exact) mass is 717 g/mol. The minimum atomic E-state index is -3.78. The van der Waals surface area contributed by atoms with Crippen LogP contribution in [0.15, 0.2) is 98.9 Å². The SMILES string of the molecule is Cl.Cl.[CH2]=[Zr]([C]1=CC=CC1)([c]1ccc(C)cc1)[C]1(C)C2=C3Cc4ccccc4C3=C3C=CCCC3C2(C)C(C)(C)C(C)(C)C1(C)C. The van der Waals surface area contributed by atoms with E-state index in [0.29, 0.717) is 5.92 Å². The Hall–Kier alpha value is -1.53. The fraction of sp³-hybridized carbons (Fsp3) is 0.452. The van der Waals surface area contributed by atoms with Gasteiger partial charge in [0.05, 0.1) is 0 Å². The first-order chi connectivity index (χ1) is 20.2. The molecule has 1 saturated carbocycles. The van der Waals surface area contributed by atoms with E-state index in [-0.39, 0.29) is 49.6 Å². The molecule has 1 fully saturated rings. The summed E-state index contributed by atoms with van der Waals surface area (Å²) >= 11 is -3.78. The van der Waals surface area contributed by atoms with E-state index in [1.165, 1.54) is 29.5 Å². The van der Waals surface area contributed by atoms with E-state index >= 15 is 0 Å². The second kappa shape index (κ2) is 11.0. The zero-order chi connectivity index (χ0) is 30.8. The van der Waals surface area contributed by atoms with Crippen LogP contribution in [0, 0.1) is 34.5 Å². The zero-order valence-corrected chi connectivity index (χ0v) is 33.0. The first-order valence-electron chi connectivity index (χ1n) is 16.7. The van der Waals surface area contributed by atoms with Gasteiger partial charge < -0.3 is 0 Å². The summed E-state index contributed by atoms with van der Waals surface area (Å²) in [5.41, 5.74) is 11.1. The Morgan fingerprint density at radius 3 is 2.11 bits per heavy atom. The van der Waals surface area contributed by atoms with Gasteiger partial charge >= 0.3 is 267 Å². The molecule has 239 valence electrons. The van der Waals surface area contributed by atoms with Crippen LogP contribution >= 0.6 is 24.8 Å². The van der Waals surface area contributed by atoms with Crippen molar-refractivity contribution < 1.29 is 19.8 Å². The van der Waals surface area contributed by atoms with E-state index in [0.717, 1.165) is 12.8 Å². The van der Waals surface area contributed by atoms with Crippen molar-refractivity contribution >= 4 is 37.9 Å². The molecule has 0 saturated heterocycles.